The van der Waals surface area contributed by atoms with Crippen molar-refractivity contribution in [1.29, 1.82) is 0 Å². The molecule has 2 nitrogen and oxygen atoms in total. The van der Waals surface area contributed by atoms with Crippen LogP contribution < -0.4 is 5.32 Å². The molecule has 3 atom stereocenters. The molecule has 0 spiro atoms. The van der Waals surface area contributed by atoms with Crippen molar-refractivity contribution in [3.8, 4) is 0 Å². The molecule has 1 aromatic rings. The first kappa shape index (κ1) is 19.9. The Hall–Kier alpha value is -0.380. The van der Waals surface area contributed by atoms with Crippen LogP contribution in [0.3, 0.4) is 0 Å². The zero-order chi connectivity index (χ0) is 17.6. The highest BCUT2D eigenvalue weighted by Crippen LogP contribution is 2.37. The first-order valence-electron chi connectivity index (χ1n) is 9.78. The van der Waals surface area contributed by atoms with Crippen molar-refractivity contribution in [2.45, 2.75) is 78.4 Å². The molecular formula is C21H37NOS. The fourth-order valence-electron chi connectivity index (χ4n) is 3.97. The van der Waals surface area contributed by atoms with Crippen LogP contribution in [-0.2, 0) is 4.74 Å². The molecular weight excluding hydrogens is 314 g/mol. The van der Waals surface area contributed by atoms with Crippen molar-refractivity contribution in [2.75, 3.05) is 13.2 Å². The smallest absolute Gasteiger partial charge is 0.0629 e. The molecule has 0 radical (unpaired) electrons. The lowest BCUT2D eigenvalue weighted by molar-refractivity contribution is -0.0840. The summed E-state index contributed by atoms with van der Waals surface area (Å²) in [4.78, 5) is 1.45. The lowest BCUT2D eigenvalue weighted by Gasteiger charge is -2.39. The Balaban J connectivity index is 1.85. The average Bonchev–Trinajstić information content (AvgIpc) is 3.03. The van der Waals surface area contributed by atoms with Gasteiger partial charge in [-0.1, -0.05) is 26.3 Å². The molecule has 1 saturated heterocycles. The van der Waals surface area contributed by atoms with Gasteiger partial charge in [0.05, 0.1) is 5.60 Å². The number of ether oxygens (including phenoxy) is 1. The first-order valence-corrected chi connectivity index (χ1v) is 10.7. The van der Waals surface area contributed by atoms with Gasteiger partial charge in [-0.3, -0.25) is 0 Å². The molecule has 1 aliphatic heterocycles. The first-order chi connectivity index (χ1) is 11.4. The third kappa shape index (κ3) is 6.50. The van der Waals surface area contributed by atoms with Gasteiger partial charge in [0.1, 0.15) is 0 Å². The number of thiophene rings is 1. The maximum Gasteiger partial charge on any atom is 0.0629 e. The summed E-state index contributed by atoms with van der Waals surface area (Å²) in [5.41, 5.74) is 0.0662. The Morgan fingerprint density at radius 2 is 2.04 bits per heavy atom. The minimum atomic E-state index is 0.0662. The van der Waals surface area contributed by atoms with E-state index in [2.05, 4.69) is 57.4 Å². The highest BCUT2D eigenvalue weighted by Gasteiger charge is 2.33. The van der Waals surface area contributed by atoms with Crippen LogP contribution in [0.25, 0.3) is 0 Å². The van der Waals surface area contributed by atoms with E-state index in [0.717, 1.165) is 30.9 Å². The van der Waals surface area contributed by atoms with Gasteiger partial charge >= 0.3 is 0 Å². The fraction of sp³-hybridized carbons (Fsp3) is 0.810. The zero-order valence-electron chi connectivity index (χ0n) is 16.3. The molecule has 0 unspecified atom stereocenters. The van der Waals surface area contributed by atoms with Gasteiger partial charge in [0.25, 0.3) is 0 Å². The summed E-state index contributed by atoms with van der Waals surface area (Å²) in [5, 5.41) is 5.91. The zero-order valence-corrected chi connectivity index (χ0v) is 17.1. The van der Waals surface area contributed by atoms with E-state index in [1.54, 1.807) is 0 Å². The van der Waals surface area contributed by atoms with Crippen molar-refractivity contribution in [1.82, 2.24) is 5.32 Å². The van der Waals surface area contributed by atoms with Crippen LogP contribution in [0.15, 0.2) is 17.5 Å². The van der Waals surface area contributed by atoms with E-state index in [9.17, 15) is 0 Å². The molecule has 0 aromatic carbocycles. The van der Waals surface area contributed by atoms with Crippen LogP contribution in [0.4, 0.5) is 0 Å². The van der Waals surface area contributed by atoms with E-state index in [1.165, 1.54) is 37.0 Å². The standard InChI is InChI=1S/C21H37NOS/c1-16(2)8-9-18(19-11-13-23-21(4,5)15-19)10-12-22-17(3)20-7-6-14-24-20/h6-7,14,16-19,22H,8-13,15H2,1-5H3/t17-,18-,19-/m1/s1. The molecule has 2 heterocycles. The van der Waals surface area contributed by atoms with Crippen LogP contribution in [0.5, 0.6) is 0 Å². The molecule has 0 bridgehead atoms. The quantitative estimate of drug-likeness (QED) is 0.585. The lowest BCUT2D eigenvalue weighted by Crippen LogP contribution is -2.37. The SMILES string of the molecule is CC(C)CC[C@H](CCN[C@H](C)c1cccs1)[C@@H]1CCOC(C)(C)C1. The lowest BCUT2D eigenvalue weighted by atomic mass is 9.75. The van der Waals surface area contributed by atoms with E-state index < -0.39 is 0 Å². The largest absolute Gasteiger partial charge is 0.376 e. The third-order valence-electron chi connectivity index (χ3n) is 5.45. The summed E-state index contributed by atoms with van der Waals surface area (Å²) < 4.78 is 5.95. The average molecular weight is 352 g/mol. The molecule has 1 aromatic heterocycles. The Bertz CT molecular complexity index is 454. The molecule has 2 rings (SSSR count). The molecule has 24 heavy (non-hydrogen) atoms. The number of nitrogens with one attached hydrogen (secondary N) is 1. The number of rotatable bonds is 9. The van der Waals surface area contributed by atoms with Gasteiger partial charge in [-0.15, -0.1) is 11.3 Å². The second kappa shape index (κ2) is 9.35. The maximum absolute atomic E-state index is 5.95. The Morgan fingerprint density at radius 1 is 1.25 bits per heavy atom. The molecule has 0 aliphatic carbocycles. The van der Waals surface area contributed by atoms with Crippen molar-refractivity contribution in [2.24, 2.45) is 17.8 Å². The van der Waals surface area contributed by atoms with Gasteiger partial charge in [-0.25, -0.2) is 0 Å². The van der Waals surface area contributed by atoms with Crippen LogP contribution in [0, 0.1) is 17.8 Å². The monoisotopic (exact) mass is 351 g/mol. The van der Waals surface area contributed by atoms with Crippen LogP contribution >= 0.6 is 11.3 Å². The van der Waals surface area contributed by atoms with Gasteiger partial charge < -0.3 is 10.1 Å². The molecule has 0 amide bonds. The van der Waals surface area contributed by atoms with Crippen molar-refractivity contribution < 1.29 is 4.74 Å². The van der Waals surface area contributed by atoms with Crippen molar-refractivity contribution in [3.05, 3.63) is 22.4 Å². The van der Waals surface area contributed by atoms with Crippen molar-refractivity contribution in [3.63, 3.8) is 0 Å². The summed E-state index contributed by atoms with van der Waals surface area (Å²) in [5.74, 6) is 2.46. The van der Waals surface area contributed by atoms with Crippen LogP contribution in [-0.4, -0.2) is 18.8 Å². The predicted octanol–water partition coefficient (Wildman–Crippen LogP) is 6.05. The van der Waals surface area contributed by atoms with Gasteiger partial charge in [-0.2, -0.15) is 0 Å². The van der Waals surface area contributed by atoms with Crippen molar-refractivity contribution >= 4 is 11.3 Å². The van der Waals surface area contributed by atoms with E-state index in [0.29, 0.717) is 6.04 Å². The minimum absolute atomic E-state index is 0.0662. The van der Waals surface area contributed by atoms with Gasteiger partial charge in [0.15, 0.2) is 0 Å². The van der Waals surface area contributed by atoms with Crippen LogP contribution in [0.1, 0.15) is 77.6 Å². The maximum atomic E-state index is 5.95. The van der Waals surface area contributed by atoms with E-state index in [1.807, 2.05) is 11.3 Å². The van der Waals surface area contributed by atoms with E-state index in [-0.39, 0.29) is 5.60 Å². The molecule has 138 valence electrons. The fourth-order valence-corrected chi connectivity index (χ4v) is 4.73. The highest BCUT2D eigenvalue weighted by molar-refractivity contribution is 7.10. The second-order valence-corrected chi connectivity index (χ2v) is 9.55. The molecule has 1 N–H and O–H groups in total. The van der Waals surface area contributed by atoms with Crippen LogP contribution in [0.2, 0.25) is 0 Å². The highest BCUT2D eigenvalue weighted by atomic mass is 32.1. The van der Waals surface area contributed by atoms with E-state index >= 15 is 0 Å². The number of hydrogen-bond donors (Lipinski definition) is 1. The topological polar surface area (TPSA) is 21.3 Å². The summed E-state index contributed by atoms with van der Waals surface area (Å²) in [6, 6.07) is 4.86. The Morgan fingerprint density at radius 3 is 2.67 bits per heavy atom. The van der Waals surface area contributed by atoms with Gasteiger partial charge in [0, 0.05) is 17.5 Å². The summed E-state index contributed by atoms with van der Waals surface area (Å²) in [6.07, 6.45) is 6.47. The molecule has 0 saturated carbocycles. The summed E-state index contributed by atoms with van der Waals surface area (Å²) in [7, 11) is 0. The Labute approximate surface area is 153 Å². The van der Waals surface area contributed by atoms with E-state index in [4.69, 9.17) is 4.74 Å². The molecule has 1 aliphatic rings. The summed E-state index contributed by atoms with van der Waals surface area (Å²) in [6.45, 7) is 13.6. The van der Waals surface area contributed by atoms with Gasteiger partial charge in [0.2, 0.25) is 0 Å². The summed E-state index contributed by atoms with van der Waals surface area (Å²) >= 11 is 1.85. The number of hydrogen-bond acceptors (Lipinski definition) is 3. The molecule has 3 heteroatoms. The minimum Gasteiger partial charge on any atom is -0.376 e. The molecule has 1 fully saturated rings. The second-order valence-electron chi connectivity index (χ2n) is 8.57. The predicted molar refractivity (Wildman–Crippen MR) is 106 cm³/mol. The van der Waals surface area contributed by atoms with Gasteiger partial charge in [-0.05, 0) is 82.2 Å². The normalized spacial score (nSPS) is 23.3. The Kier molecular flexibility index (Phi) is 7.77. The third-order valence-corrected chi connectivity index (χ3v) is 6.51.